The fourth-order valence-corrected chi connectivity index (χ4v) is 0.563. The lowest BCUT2D eigenvalue weighted by atomic mass is 10.1. The highest BCUT2D eigenvalue weighted by Crippen LogP contribution is 1.96. The van der Waals surface area contributed by atoms with Gasteiger partial charge in [0.15, 0.2) is 0 Å². The summed E-state index contributed by atoms with van der Waals surface area (Å²) in [7, 11) is 0. The summed E-state index contributed by atoms with van der Waals surface area (Å²) in [6, 6.07) is -0.519. The van der Waals surface area contributed by atoms with E-state index in [1.807, 2.05) is 13.8 Å². The van der Waals surface area contributed by atoms with Crippen LogP contribution in [-0.4, -0.2) is 24.8 Å². The second-order valence-electron chi connectivity index (χ2n) is 2.68. The Hall–Kier alpha value is -0.900. The minimum absolute atomic E-state index is 0.0409. The number of aldehydes is 1. The molecule has 4 nitrogen and oxygen atoms in total. The molecule has 0 radical (unpaired) electrons. The van der Waals surface area contributed by atoms with Crippen molar-refractivity contribution in [3.05, 3.63) is 0 Å². The maximum Gasteiger partial charge on any atom is 0.237 e. The Morgan fingerprint density at radius 3 is 2.55 bits per heavy atom. The minimum Gasteiger partial charge on any atom is -0.348 e. The standard InChI is InChI=1S/C7H14N2O2/c1-5(2)6(8)7(11)9-3-4-10/h4-6H,3,8H2,1-2H3,(H,9,11)/t6-/m0/s1. The van der Waals surface area contributed by atoms with Crippen LogP contribution < -0.4 is 11.1 Å². The minimum atomic E-state index is -0.519. The van der Waals surface area contributed by atoms with E-state index < -0.39 is 6.04 Å². The zero-order valence-corrected chi connectivity index (χ0v) is 6.83. The van der Waals surface area contributed by atoms with Gasteiger partial charge in [0.25, 0.3) is 0 Å². The van der Waals surface area contributed by atoms with Gasteiger partial charge in [0.1, 0.15) is 6.29 Å². The molecule has 1 atom stereocenters. The largest absolute Gasteiger partial charge is 0.348 e. The van der Waals surface area contributed by atoms with Gasteiger partial charge in [0.2, 0.25) is 5.91 Å². The molecule has 1 amide bonds. The molecule has 0 saturated carbocycles. The summed E-state index contributed by atoms with van der Waals surface area (Å²) >= 11 is 0. The molecule has 0 aromatic rings. The van der Waals surface area contributed by atoms with Crippen LogP contribution in [0.15, 0.2) is 0 Å². The van der Waals surface area contributed by atoms with E-state index in [1.54, 1.807) is 0 Å². The Morgan fingerprint density at radius 2 is 2.18 bits per heavy atom. The summed E-state index contributed by atoms with van der Waals surface area (Å²) < 4.78 is 0. The zero-order valence-electron chi connectivity index (χ0n) is 6.83. The molecule has 0 unspecified atom stereocenters. The topological polar surface area (TPSA) is 72.2 Å². The molecule has 0 bridgehead atoms. The van der Waals surface area contributed by atoms with Gasteiger partial charge in [0.05, 0.1) is 12.6 Å². The number of nitrogens with two attached hydrogens (primary N) is 1. The lowest BCUT2D eigenvalue weighted by molar-refractivity contribution is -0.124. The van der Waals surface area contributed by atoms with E-state index in [1.165, 1.54) is 0 Å². The Balaban J connectivity index is 3.73. The highest BCUT2D eigenvalue weighted by Gasteiger charge is 2.15. The molecule has 64 valence electrons. The van der Waals surface area contributed by atoms with Gasteiger partial charge >= 0.3 is 0 Å². The van der Waals surface area contributed by atoms with Crippen molar-refractivity contribution in [2.24, 2.45) is 11.7 Å². The second kappa shape index (κ2) is 4.85. The molecule has 0 aliphatic rings. The van der Waals surface area contributed by atoms with Gasteiger partial charge in [-0.2, -0.15) is 0 Å². The van der Waals surface area contributed by atoms with Crippen LogP contribution in [0.3, 0.4) is 0 Å². The predicted octanol–water partition coefficient (Wildman–Crippen LogP) is -0.715. The van der Waals surface area contributed by atoms with E-state index in [0.717, 1.165) is 0 Å². The fourth-order valence-electron chi connectivity index (χ4n) is 0.563. The number of nitrogens with one attached hydrogen (secondary N) is 1. The lowest BCUT2D eigenvalue weighted by Crippen LogP contribution is -2.44. The maximum atomic E-state index is 10.9. The Bertz CT molecular complexity index is 145. The van der Waals surface area contributed by atoms with Crippen LogP contribution in [0.2, 0.25) is 0 Å². The summed E-state index contributed by atoms with van der Waals surface area (Å²) in [4.78, 5) is 20.8. The molecule has 4 heteroatoms. The molecular formula is C7H14N2O2. The Labute approximate surface area is 66.1 Å². The lowest BCUT2D eigenvalue weighted by Gasteiger charge is -2.13. The predicted molar refractivity (Wildman–Crippen MR) is 41.9 cm³/mol. The van der Waals surface area contributed by atoms with Crippen LogP contribution in [0.1, 0.15) is 13.8 Å². The van der Waals surface area contributed by atoms with E-state index in [9.17, 15) is 9.59 Å². The van der Waals surface area contributed by atoms with Gasteiger partial charge in [-0.3, -0.25) is 4.79 Å². The van der Waals surface area contributed by atoms with E-state index in [4.69, 9.17) is 5.73 Å². The van der Waals surface area contributed by atoms with Crippen LogP contribution in [0.4, 0.5) is 0 Å². The van der Waals surface area contributed by atoms with Crippen LogP contribution >= 0.6 is 0 Å². The second-order valence-corrected chi connectivity index (χ2v) is 2.68. The van der Waals surface area contributed by atoms with Crippen molar-refractivity contribution in [2.45, 2.75) is 19.9 Å². The normalized spacial score (nSPS) is 12.7. The van der Waals surface area contributed by atoms with Crippen LogP contribution in [-0.2, 0) is 9.59 Å². The summed E-state index contributed by atoms with van der Waals surface area (Å²) in [5.41, 5.74) is 5.47. The highest BCUT2D eigenvalue weighted by molar-refractivity contribution is 5.83. The first-order valence-corrected chi connectivity index (χ1v) is 3.56. The van der Waals surface area contributed by atoms with E-state index >= 15 is 0 Å². The molecule has 0 aromatic heterocycles. The fraction of sp³-hybridized carbons (Fsp3) is 0.714. The Morgan fingerprint density at radius 1 is 1.64 bits per heavy atom. The first kappa shape index (κ1) is 10.1. The molecular weight excluding hydrogens is 144 g/mol. The van der Waals surface area contributed by atoms with Crippen molar-refractivity contribution in [2.75, 3.05) is 6.54 Å². The summed E-state index contributed by atoms with van der Waals surface area (Å²) in [5.74, 6) is -0.172. The van der Waals surface area contributed by atoms with Crippen molar-refractivity contribution in [1.29, 1.82) is 0 Å². The molecule has 0 saturated heterocycles. The van der Waals surface area contributed by atoms with Crippen molar-refractivity contribution in [1.82, 2.24) is 5.32 Å². The number of hydrogen-bond acceptors (Lipinski definition) is 3. The quantitative estimate of drug-likeness (QED) is 0.530. The molecule has 3 N–H and O–H groups in total. The molecule has 0 rings (SSSR count). The van der Waals surface area contributed by atoms with Crippen molar-refractivity contribution in [3.63, 3.8) is 0 Å². The monoisotopic (exact) mass is 158 g/mol. The smallest absolute Gasteiger partial charge is 0.237 e. The third-order valence-corrected chi connectivity index (χ3v) is 1.38. The third-order valence-electron chi connectivity index (χ3n) is 1.38. The van der Waals surface area contributed by atoms with Crippen LogP contribution in [0, 0.1) is 5.92 Å². The van der Waals surface area contributed by atoms with Gasteiger partial charge in [-0.15, -0.1) is 0 Å². The molecule has 0 heterocycles. The average molecular weight is 158 g/mol. The summed E-state index contributed by atoms with van der Waals surface area (Å²) in [6.45, 7) is 3.75. The van der Waals surface area contributed by atoms with Crippen LogP contribution in [0.25, 0.3) is 0 Å². The van der Waals surface area contributed by atoms with E-state index in [0.29, 0.717) is 6.29 Å². The maximum absolute atomic E-state index is 10.9. The third kappa shape index (κ3) is 3.72. The number of carbonyl (C=O) groups excluding carboxylic acids is 2. The number of rotatable bonds is 4. The van der Waals surface area contributed by atoms with Gasteiger partial charge < -0.3 is 15.8 Å². The number of amides is 1. The van der Waals surface area contributed by atoms with Gasteiger partial charge in [-0.1, -0.05) is 13.8 Å². The zero-order chi connectivity index (χ0) is 8.85. The average Bonchev–Trinajstić information content (AvgIpc) is 1.98. The van der Waals surface area contributed by atoms with Crippen molar-refractivity contribution in [3.8, 4) is 0 Å². The SMILES string of the molecule is CC(C)[C@H](N)C(=O)NCC=O. The molecule has 0 fully saturated rings. The number of hydrogen-bond donors (Lipinski definition) is 2. The van der Waals surface area contributed by atoms with E-state index in [2.05, 4.69) is 5.32 Å². The first-order valence-electron chi connectivity index (χ1n) is 3.56. The molecule has 11 heavy (non-hydrogen) atoms. The van der Waals surface area contributed by atoms with Crippen LogP contribution in [0.5, 0.6) is 0 Å². The summed E-state index contributed by atoms with van der Waals surface area (Å²) in [5, 5.41) is 2.38. The van der Waals surface area contributed by atoms with Gasteiger partial charge in [-0.05, 0) is 5.92 Å². The first-order chi connectivity index (χ1) is 5.09. The highest BCUT2D eigenvalue weighted by atomic mass is 16.2. The number of carbonyl (C=O) groups is 2. The van der Waals surface area contributed by atoms with E-state index in [-0.39, 0.29) is 18.4 Å². The molecule has 0 aliphatic heterocycles. The van der Waals surface area contributed by atoms with Gasteiger partial charge in [0, 0.05) is 0 Å². The Kier molecular flexibility index (Phi) is 4.45. The molecule has 0 aromatic carbocycles. The van der Waals surface area contributed by atoms with Crippen molar-refractivity contribution < 1.29 is 9.59 Å². The molecule has 0 aliphatic carbocycles. The summed E-state index contributed by atoms with van der Waals surface area (Å²) in [6.07, 6.45) is 0.630. The van der Waals surface area contributed by atoms with Crippen molar-refractivity contribution >= 4 is 12.2 Å². The van der Waals surface area contributed by atoms with Gasteiger partial charge in [-0.25, -0.2) is 0 Å². The molecule has 0 spiro atoms.